The molecule has 6 nitrogen and oxygen atoms in total. The summed E-state index contributed by atoms with van der Waals surface area (Å²) < 4.78 is 0. The maximum atomic E-state index is 4.44. The van der Waals surface area contributed by atoms with E-state index in [4.69, 9.17) is 0 Å². The van der Waals surface area contributed by atoms with E-state index in [0.717, 1.165) is 33.4 Å². The SMILES string of the molecule is Cc1[nH]c2ccccc2c1C=NNc1nncc(-c2ccccc2)n1. The summed E-state index contributed by atoms with van der Waals surface area (Å²) in [6.07, 6.45) is 3.40. The zero-order chi connectivity index (χ0) is 17.1. The topological polar surface area (TPSA) is 78.9 Å². The van der Waals surface area contributed by atoms with Crippen LogP contribution in [0.1, 0.15) is 11.3 Å². The molecule has 6 heteroatoms. The van der Waals surface area contributed by atoms with E-state index in [2.05, 4.69) is 36.8 Å². The lowest BCUT2D eigenvalue weighted by molar-refractivity contribution is 0.967. The number of H-pyrrole nitrogens is 1. The van der Waals surface area contributed by atoms with Gasteiger partial charge in [-0.05, 0) is 13.0 Å². The summed E-state index contributed by atoms with van der Waals surface area (Å²) in [5.41, 5.74) is 7.77. The fourth-order valence-electron chi connectivity index (χ4n) is 2.72. The van der Waals surface area contributed by atoms with Crippen molar-refractivity contribution in [3.63, 3.8) is 0 Å². The summed E-state index contributed by atoms with van der Waals surface area (Å²) in [5.74, 6) is 0.357. The fourth-order valence-corrected chi connectivity index (χ4v) is 2.72. The lowest BCUT2D eigenvalue weighted by atomic mass is 10.1. The van der Waals surface area contributed by atoms with Crippen molar-refractivity contribution in [2.45, 2.75) is 6.92 Å². The van der Waals surface area contributed by atoms with Crippen molar-refractivity contribution in [2.24, 2.45) is 5.10 Å². The number of fused-ring (bicyclic) bond motifs is 1. The molecule has 2 aromatic heterocycles. The Morgan fingerprint density at radius 1 is 1.04 bits per heavy atom. The number of hydrogen-bond acceptors (Lipinski definition) is 5. The van der Waals surface area contributed by atoms with Crippen LogP contribution >= 0.6 is 0 Å². The number of nitrogens with one attached hydrogen (secondary N) is 2. The summed E-state index contributed by atoms with van der Waals surface area (Å²) in [5, 5.41) is 13.4. The van der Waals surface area contributed by atoms with Crippen LogP contribution in [-0.4, -0.2) is 26.4 Å². The van der Waals surface area contributed by atoms with Gasteiger partial charge in [-0.15, -0.1) is 5.10 Å². The van der Waals surface area contributed by atoms with Gasteiger partial charge in [0.1, 0.15) is 0 Å². The largest absolute Gasteiger partial charge is 0.358 e. The summed E-state index contributed by atoms with van der Waals surface area (Å²) in [7, 11) is 0. The van der Waals surface area contributed by atoms with E-state index in [1.165, 1.54) is 0 Å². The van der Waals surface area contributed by atoms with Crippen LogP contribution in [0.5, 0.6) is 0 Å². The number of rotatable bonds is 4. The van der Waals surface area contributed by atoms with Crippen LogP contribution < -0.4 is 5.43 Å². The minimum Gasteiger partial charge on any atom is -0.358 e. The standard InChI is InChI=1S/C19H16N6/c1-13-16(15-9-5-6-10-17(15)22-13)11-20-24-19-23-18(12-21-25-19)14-7-3-2-4-8-14/h2-12,22H,1H3,(H,23,24,25). The Kier molecular flexibility index (Phi) is 3.92. The predicted octanol–water partition coefficient (Wildman–Crippen LogP) is 3.77. The van der Waals surface area contributed by atoms with E-state index >= 15 is 0 Å². The van der Waals surface area contributed by atoms with Crippen LogP contribution in [0.3, 0.4) is 0 Å². The second kappa shape index (κ2) is 6.52. The summed E-state index contributed by atoms with van der Waals surface area (Å²) >= 11 is 0. The number of nitrogens with zero attached hydrogens (tertiary/aromatic N) is 4. The molecule has 0 amide bonds. The number of hydrazone groups is 1. The number of aromatic nitrogens is 4. The van der Waals surface area contributed by atoms with Crippen LogP contribution in [0.4, 0.5) is 5.95 Å². The highest BCUT2D eigenvalue weighted by molar-refractivity contribution is 6.00. The molecule has 4 aromatic rings. The average molecular weight is 328 g/mol. The van der Waals surface area contributed by atoms with Gasteiger partial charge in [0, 0.05) is 27.7 Å². The van der Waals surface area contributed by atoms with Gasteiger partial charge in [0.2, 0.25) is 0 Å². The molecule has 0 saturated carbocycles. The molecular weight excluding hydrogens is 312 g/mol. The highest BCUT2D eigenvalue weighted by Gasteiger charge is 2.06. The van der Waals surface area contributed by atoms with Crippen molar-refractivity contribution < 1.29 is 0 Å². The molecule has 2 N–H and O–H groups in total. The van der Waals surface area contributed by atoms with Crippen molar-refractivity contribution in [3.05, 3.63) is 72.1 Å². The zero-order valence-corrected chi connectivity index (χ0v) is 13.6. The van der Waals surface area contributed by atoms with Crippen molar-refractivity contribution >= 4 is 23.1 Å². The predicted molar refractivity (Wildman–Crippen MR) is 99.5 cm³/mol. The molecule has 2 aromatic carbocycles. The Morgan fingerprint density at radius 3 is 2.72 bits per heavy atom. The third-order valence-corrected chi connectivity index (χ3v) is 3.93. The molecular formula is C19H16N6. The second-order valence-electron chi connectivity index (χ2n) is 5.61. The molecule has 0 bridgehead atoms. The molecule has 25 heavy (non-hydrogen) atoms. The molecule has 0 spiro atoms. The Morgan fingerprint density at radius 2 is 1.84 bits per heavy atom. The lowest BCUT2D eigenvalue weighted by Crippen LogP contribution is -2.00. The Hall–Kier alpha value is -3.54. The molecule has 0 aliphatic rings. The van der Waals surface area contributed by atoms with E-state index in [1.54, 1.807) is 12.4 Å². The maximum absolute atomic E-state index is 4.44. The molecule has 2 heterocycles. The van der Waals surface area contributed by atoms with Gasteiger partial charge in [-0.2, -0.15) is 10.2 Å². The van der Waals surface area contributed by atoms with Gasteiger partial charge in [0.25, 0.3) is 5.95 Å². The summed E-state index contributed by atoms with van der Waals surface area (Å²) in [6, 6.07) is 18.0. The van der Waals surface area contributed by atoms with Crippen molar-refractivity contribution in [1.29, 1.82) is 0 Å². The van der Waals surface area contributed by atoms with Crippen LogP contribution in [0.15, 0.2) is 65.9 Å². The number of aromatic amines is 1. The summed E-state index contributed by atoms with van der Waals surface area (Å²) in [4.78, 5) is 7.78. The quantitative estimate of drug-likeness (QED) is 0.441. The second-order valence-corrected chi connectivity index (χ2v) is 5.61. The zero-order valence-electron chi connectivity index (χ0n) is 13.6. The van der Waals surface area contributed by atoms with Crippen molar-refractivity contribution in [2.75, 3.05) is 5.43 Å². The number of anilines is 1. The molecule has 0 saturated heterocycles. The monoisotopic (exact) mass is 328 g/mol. The highest BCUT2D eigenvalue weighted by Crippen LogP contribution is 2.20. The molecule has 0 radical (unpaired) electrons. The van der Waals surface area contributed by atoms with E-state index in [0.29, 0.717) is 5.95 Å². The average Bonchev–Trinajstić information content (AvgIpc) is 2.98. The van der Waals surface area contributed by atoms with Gasteiger partial charge in [0.15, 0.2) is 0 Å². The Bertz CT molecular complexity index is 1040. The van der Waals surface area contributed by atoms with Gasteiger partial charge >= 0.3 is 0 Å². The first kappa shape index (κ1) is 15.0. The molecule has 0 fully saturated rings. The Labute approximate surface area is 144 Å². The highest BCUT2D eigenvalue weighted by atomic mass is 15.4. The molecule has 0 aliphatic carbocycles. The molecule has 122 valence electrons. The molecule has 0 atom stereocenters. The van der Waals surface area contributed by atoms with Gasteiger partial charge < -0.3 is 4.98 Å². The van der Waals surface area contributed by atoms with E-state index in [1.807, 2.05) is 55.5 Å². The van der Waals surface area contributed by atoms with Gasteiger partial charge in [-0.25, -0.2) is 10.4 Å². The first-order chi connectivity index (χ1) is 12.3. The molecule has 0 aliphatic heterocycles. The third-order valence-electron chi connectivity index (χ3n) is 3.93. The summed E-state index contributed by atoms with van der Waals surface area (Å²) in [6.45, 7) is 2.02. The Balaban J connectivity index is 1.57. The normalized spacial score (nSPS) is 11.2. The van der Waals surface area contributed by atoms with Crippen LogP contribution in [0.2, 0.25) is 0 Å². The fraction of sp³-hybridized carbons (Fsp3) is 0.0526. The van der Waals surface area contributed by atoms with Crippen LogP contribution in [0.25, 0.3) is 22.2 Å². The van der Waals surface area contributed by atoms with Gasteiger partial charge in [-0.1, -0.05) is 48.5 Å². The lowest BCUT2D eigenvalue weighted by Gasteiger charge is -2.02. The molecule has 4 rings (SSSR count). The maximum Gasteiger partial charge on any atom is 0.263 e. The van der Waals surface area contributed by atoms with Crippen LogP contribution in [0, 0.1) is 6.92 Å². The van der Waals surface area contributed by atoms with Crippen molar-refractivity contribution in [3.8, 4) is 11.3 Å². The minimum absolute atomic E-state index is 0.357. The van der Waals surface area contributed by atoms with Crippen molar-refractivity contribution in [1.82, 2.24) is 20.2 Å². The minimum atomic E-state index is 0.357. The van der Waals surface area contributed by atoms with E-state index in [9.17, 15) is 0 Å². The van der Waals surface area contributed by atoms with E-state index in [-0.39, 0.29) is 0 Å². The van der Waals surface area contributed by atoms with Gasteiger partial charge in [0.05, 0.1) is 18.1 Å². The third kappa shape index (κ3) is 3.10. The van der Waals surface area contributed by atoms with Crippen LogP contribution in [-0.2, 0) is 0 Å². The number of hydrogen-bond donors (Lipinski definition) is 2. The van der Waals surface area contributed by atoms with E-state index < -0.39 is 0 Å². The first-order valence-corrected chi connectivity index (χ1v) is 7.93. The molecule has 0 unspecified atom stereocenters. The van der Waals surface area contributed by atoms with Gasteiger partial charge in [-0.3, -0.25) is 0 Å². The number of aryl methyl sites for hydroxylation is 1. The number of para-hydroxylation sites is 1. The number of benzene rings is 2. The smallest absolute Gasteiger partial charge is 0.263 e. The first-order valence-electron chi connectivity index (χ1n) is 7.93.